The van der Waals surface area contributed by atoms with Gasteiger partial charge in [0.25, 0.3) is 11.8 Å². The Morgan fingerprint density at radius 3 is 2.42 bits per heavy atom. The van der Waals surface area contributed by atoms with Crippen LogP contribution in [-0.2, 0) is 6.18 Å². The van der Waals surface area contributed by atoms with Crippen LogP contribution < -0.4 is 11.1 Å². The minimum atomic E-state index is -4.51. The van der Waals surface area contributed by atoms with E-state index < -0.39 is 23.6 Å². The van der Waals surface area contributed by atoms with Crippen molar-refractivity contribution in [3.05, 3.63) is 65.5 Å². The quantitative estimate of drug-likeness (QED) is 0.750. The summed E-state index contributed by atoms with van der Waals surface area (Å²) in [6.07, 6.45) is -3.89. The lowest BCUT2D eigenvalue weighted by atomic mass is 10.1. The molecule has 2 heterocycles. The van der Waals surface area contributed by atoms with Crippen LogP contribution in [0.2, 0.25) is 0 Å². The highest BCUT2D eigenvalue weighted by Crippen LogP contribution is 2.29. The van der Waals surface area contributed by atoms with E-state index in [4.69, 9.17) is 5.73 Å². The van der Waals surface area contributed by atoms with Crippen molar-refractivity contribution in [2.24, 2.45) is 5.73 Å². The number of carbonyl (C=O) groups is 2. The molecule has 0 atom stereocenters. The van der Waals surface area contributed by atoms with Crippen molar-refractivity contribution in [1.82, 2.24) is 9.97 Å². The number of amides is 2. The number of nitrogens with zero attached hydrogens (tertiary/aromatic N) is 2. The molecule has 6 nitrogen and oxygen atoms in total. The third-order valence-corrected chi connectivity index (χ3v) is 3.55. The van der Waals surface area contributed by atoms with Gasteiger partial charge in [0.1, 0.15) is 11.5 Å². The van der Waals surface area contributed by atoms with Crippen LogP contribution in [0.15, 0.2) is 48.7 Å². The first kappa shape index (κ1) is 17.3. The number of anilines is 1. The Kier molecular flexibility index (Phi) is 4.29. The average Bonchev–Trinajstić information content (AvgIpc) is 2.60. The number of carbonyl (C=O) groups excluding carboxylic acids is 2. The number of hydrogen-bond donors (Lipinski definition) is 2. The lowest BCUT2D eigenvalue weighted by Crippen LogP contribution is -2.16. The first-order chi connectivity index (χ1) is 12.3. The van der Waals surface area contributed by atoms with E-state index in [0.717, 1.165) is 12.1 Å². The molecule has 3 aromatic rings. The molecule has 0 saturated carbocycles. The summed E-state index contributed by atoms with van der Waals surface area (Å²) < 4.78 is 37.7. The molecule has 9 heteroatoms. The zero-order valence-electron chi connectivity index (χ0n) is 13.0. The van der Waals surface area contributed by atoms with Crippen molar-refractivity contribution in [1.29, 1.82) is 0 Å². The molecule has 0 fully saturated rings. The van der Waals surface area contributed by atoms with E-state index in [-0.39, 0.29) is 22.6 Å². The van der Waals surface area contributed by atoms with E-state index >= 15 is 0 Å². The number of halogens is 3. The van der Waals surface area contributed by atoms with Gasteiger partial charge in [-0.05, 0) is 24.3 Å². The molecule has 3 rings (SSSR count). The van der Waals surface area contributed by atoms with Crippen LogP contribution in [0.4, 0.5) is 19.0 Å². The summed E-state index contributed by atoms with van der Waals surface area (Å²) in [4.78, 5) is 31.4. The second-order valence-corrected chi connectivity index (χ2v) is 5.32. The lowest BCUT2D eigenvalue weighted by molar-refractivity contribution is -0.137. The summed E-state index contributed by atoms with van der Waals surface area (Å²) in [7, 11) is 0. The molecular formula is C17H11F3N4O2. The zero-order chi connectivity index (χ0) is 18.9. The number of para-hydroxylation sites is 1. The fourth-order valence-corrected chi connectivity index (χ4v) is 2.29. The second kappa shape index (κ2) is 6.43. The maximum Gasteiger partial charge on any atom is 0.417 e. The molecule has 26 heavy (non-hydrogen) atoms. The van der Waals surface area contributed by atoms with Gasteiger partial charge in [-0.2, -0.15) is 13.2 Å². The van der Waals surface area contributed by atoms with Gasteiger partial charge in [-0.25, -0.2) is 9.97 Å². The van der Waals surface area contributed by atoms with Gasteiger partial charge in [-0.3, -0.25) is 9.59 Å². The Morgan fingerprint density at radius 1 is 1.04 bits per heavy atom. The summed E-state index contributed by atoms with van der Waals surface area (Å²) >= 11 is 0. The van der Waals surface area contributed by atoms with E-state index in [1.807, 2.05) is 0 Å². The van der Waals surface area contributed by atoms with Gasteiger partial charge in [0.2, 0.25) is 0 Å². The van der Waals surface area contributed by atoms with Crippen LogP contribution in [0.1, 0.15) is 26.4 Å². The smallest absolute Gasteiger partial charge is 0.364 e. The molecule has 0 unspecified atom stereocenters. The Morgan fingerprint density at radius 2 is 1.81 bits per heavy atom. The number of benzene rings is 1. The fraction of sp³-hybridized carbons (Fsp3) is 0.0588. The van der Waals surface area contributed by atoms with Gasteiger partial charge < -0.3 is 11.1 Å². The predicted molar refractivity (Wildman–Crippen MR) is 87.5 cm³/mol. The van der Waals surface area contributed by atoms with Gasteiger partial charge in [-0.1, -0.05) is 18.2 Å². The van der Waals surface area contributed by atoms with Crippen molar-refractivity contribution in [2.45, 2.75) is 6.18 Å². The number of nitrogens with one attached hydrogen (secondary N) is 1. The van der Waals surface area contributed by atoms with Crippen molar-refractivity contribution in [3.8, 4) is 0 Å². The van der Waals surface area contributed by atoms with Crippen LogP contribution >= 0.6 is 0 Å². The minimum Gasteiger partial charge on any atom is -0.364 e. The SMILES string of the molecule is NC(=O)c1ccc2cccc(C(=O)Nc3ccc(C(F)(F)F)cn3)c2n1. The standard InChI is InChI=1S/C17H11F3N4O2/c18-17(19,20)10-5-7-13(22-8-10)24-16(26)11-3-1-2-9-4-6-12(15(21)25)23-14(9)11/h1-8H,(H2,21,25)(H,22,24,26). The van der Waals surface area contributed by atoms with Crippen LogP contribution in [-0.4, -0.2) is 21.8 Å². The molecule has 0 aliphatic heterocycles. The number of hydrogen-bond acceptors (Lipinski definition) is 4. The van der Waals surface area contributed by atoms with Gasteiger partial charge in [0, 0.05) is 11.6 Å². The maximum atomic E-state index is 12.6. The molecule has 1 aromatic carbocycles. The average molecular weight is 360 g/mol. The molecular weight excluding hydrogens is 349 g/mol. The molecule has 0 aliphatic rings. The summed E-state index contributed by atoms with van der Waals surface area (Å²) in [5.41, 5.74) is 4.64. The molecule has 132 valence electrons. The van der Waals surface area contributed by atoms with E-state index in [1.165, 1.54) is 12.1 Å². The lowest BCUT2D eigenvalue weighted by Gasteiger charge is -2.09. The van der Waals surface area contributed by atoms with Gasteiger partial charge in [-0.15, -0.1) is 0 Å². The first-order valence-corrected chi connectivity index (χ1v) is 7.30. The molecule has 2 aromatic heterocycles. The third-order valence-electron chi connectivity index (χ3n) is 3.55. The van der Waals surface area contributed by atoms with Crippen LogP contribution in [0.5, 0.6) is 0 Å². The summed E-state index contributed by atoms with van der Waals surface area (Å²) in [5, 5.41) is 3.00. The molecule has 0 aliphatic carbocycles. The van der Waals surface area contributed by atoms with E-state index in [1.54, 1.807) is 18.2 Å². The van der Waals surface area contributed by atoms with Crippen molar-refractivity contribution in [2.75, 3.05) is 5.32 Å². The number of pyridine rings is 2. The third kappa shape index (κ3) is 3.46. The predicted octanol–water partition coefficient (Wildman–Crippen LogP) is 3.00. The first-order valence-electron chi connectivity index (χ1n) is 7.30. The molecule has 0 radical (unpaired) electrons. The normalized spacial score (nSPS) is 11.3. The molecule has 0 spiro atoms. The number of primary amides is 1. The van der Waals surface area contributed by atoms with Crippen molar-refractivity contribution >= 4 is 28.5 Å². The van der Waals surface area contributed by atoms with E-state index in [0.29, 0.717) is 11.6 Å². The van der Waals surface area contributed by atoms with Crippen LogP contribution in [0.25, 0.3) is 10.9 Å². The minimum absolute atomic E-state index is 0.00888. The maximum absolute atomic E-state index is 12.6. The number of nitrogens with two attached hydrogens (primary N) is 1. The number of fused-ring (bicyclic) bond motifs is 1. The molecule has 2 amide bonds. The summed E-state index contributed by atoms with van der Waals surface area (Å²) in [6, 6.07) is 9.67. The molecule has 0 bridgehead atoms. The monoisotopic (exact) mass is 360 g/mol. The number of aromatic nitrogens is 2. The number of alkyl halides is 3. The molecule has 3 N–H and O–H groups in total. The zero-order valence-corrected chi connectivity index (χ0v) is 13.0. The molecule has 0 saturated heterocycles. The summed E-state index contributed by atoms with van der Waals surface area (Å²) in [5.74, 6) is -1.42. The van der Waals surface area contributed by atoms with Crippen LogP contribution in [0.3, 0.4) is 0 Å². The Hall–Kier alpha value is -3.49. The Bertz CT molecular complexity index is 1000. The second-order valence-electron chi connectivity index (χ2n) is 5.32. The van der Waals surface area contributed by atoms with Gasteiger partial charge in [0.15, 0.2) is 0 Å². The fourth-order valence-electron chi connectivity index (χ4n) is 2.29. The van der Waals surface area contributed by atoms with Gasteiger partial charge in [0.05, 0.1) is 16.6 Å². The van der Waals surface area contributed by atoms with Crippen molar-refractivity contribution < 1.29 is 22.8 Å². The highest BCUT2D eigenvalue weighted by Gasteiger charge is 2.30. The summed E-state index contributed by atoms with van der Waals surface area (Å²) in [6.45, 7) is 0. The Balaban J connectivity index is 1.92. The van der Waals surface area contributed by atoms with Gasteiger partial charge >= 0.3 is 6.18 Å². The van der Waals surface area contributed by atoms with Crippen LogP contribution in [0, 0.1) is 0 Å². The van der Waals surface area contributed by atoms with E-state index in [2.05, 4.69) is 15.3 Å². The van der Waals surface area contributed by atoms with E-state index in [9.17, 15) is 22.8 Å². The van der Waals surface area contributed by atoms with Crippen molar-refractivity contribution in [3.63, 3.8) is 0 Å². The topological polar surface area (TPSA) is 98.0 Å². The largest absolute Gasteiger partial charge is 0.417 e. The number of rotatable bonds is 3. The highest BCUT2D eigenvalue weighted by atomic mass is 19.4. The highest BCUT2D eigenvalue weighted by molar-refractivity contribution is 6.12. The Labute approximate surface area is 144 Å².